The summed E-state index contributed by atoms with van der Waals surface area (Å²) >= 11 is 0. The van der Waals surface area contributed by atoms with Crippen molar-refractivity contribution in [1.29, 1.82) is 0 Å². The largest absolute Gasteiger partial charge is 0.505 e. The lowest BCUT2D eigenvalue weighted by Crippen LogP contribution is -2.63. The Morgan fingerprint density at radius 2 is 2.20 bits per heavy atom. The van der Waals surface area contributed by atoms with Crippen LogP contribution in [0.1, 0.15) is 36.7 Å². The topological polar surface area (TPSA) is 56.7 Å². The molecule has 5 nitrogen and oxygen atoms in total. The molecule has 0 aliphatic carbocycles. The molecule has 2 aliphatic rings. The third-order valence-electron chi connectivity index (χ3n) is 4.46. The highest BCUT2D eigenvalue weighted by atomic mass is 16.3. The number of piperidine rings is 1. The molecule has 2 saturated heterocycles. The number of aromatic hydroxyl groups is 1. The molecule has 2 fully saturated rings. The van der Waals surface area contributed by atoms with E-state index in [4.69, 9.17) is 0 Å². The number of carbonyl (C=O) groups excluding carboxylic acids is 1. The number of hydrogen-bond acceptors (Lipinski definition) is 4. The SMILES string of the molecule is C[C@@H]1CCCCN1C1CN(C(=O)c2ncccc2O)C1. The Kier molecular flexibility index (Phi) is 3.61. The molecule has 0 bridgehead atoms. The maximum absolute atomic E-state index is 12.2. The molecule has 3 rings (SSSR count). The maximum atomic E-state index is 12.2. The van der Waals surface area contributed by atoms with Gasteiger partial charge < -0.3 is 10.0 Å². The summed E-state index contributed by atoms with van der Waals surface area (Å²) in [7, 11) is 0. The summed E-state index contributed by atoms with van der Waals surface area (Å²) in [5.74, 6) is -0.198. The van der Waals surface area contributed by atoms with Crippen LogP contribution in [0.2, 0.25) is 0 Å². The van der Waals surface area contributed by atoms with Crippen molar-refractivity contribution in [2.75, 3.05) is 19.6 Å². The molecule has 1 N–H and O–H groups in total. The van der Waals surface area contributed by atoms with Gasteiger partial charge in [-0.3, -0.25) is 9.69 Å². The van der Waals surface area contributed by atoms with E-state index in [2.05, 4.69) is 16.8 Å². The molecule has 1 atom stereocenters. The predicted octanol–water partition coefficient (Wildman–Crippen LogP) is 1.49. The highest BCUT2D eigenvalue weighted by molar-refractivity contribution is 5.95. The standard InChI is InChI=1S/C15H21N3O2/c1-11-5-2-3-8-18(11)12-9-17(10-12)15(20)14-13(19)6-4-7-16-14/h4,6-7,11-12,19H,2-3,5,8-10H2,1H3/t11-/m1/s1. The molecule has 1 amide bonds. The smallest absolute Gasteiger partial charge is 0.276 e. The van der Waals surface area contributed by atoms with Gasteiger partial charge in [0.1, 0.15) is 5.75 Å². The zero-order valence-electron chi connectivity index (χ0n) is 11.8. The number of hydrogen-bond donors (Lipinski definition) is 1. The van der Waals surface area contributed by atoms with Crippen LogP contribution in [0, 0.1) is 0 Å². The Labute approximate surface area is 119 Å². The Bertz CT molecular complexity index is 500. The Hall–Kier alpha value is -1.62. The van der Waals surface area contributed by atoms with E-state index in [1.54, 1.807) is 11.0 Å². The van der Waals surface area contributed by atoms with E-state index in [1.165, 1.54) is 31.5 Å². The minimum absolute atomic E-state index is 0.0349. The quantitative estimate of drug-likeness (QED) is 0.888. The third-order valence-corrected chi connectivity index (χ3v) is 4.46. The number of pyridine rings is 1. The summed E-state index contributed by atoms with van der Waals surface area (Å²) in [6.07, 6.45) is 5.37. The van der Waals surface area contributed by atoms with Gasteiger partial charge in [0.15, 0.2) is 5.69 Å². The van der Waals surface area contributed by atoms with Gasteiger partial charge in [0, 0.05) is 31.4 Å². The molecule has 3 heterocycles. The van der Waals surface area contributed by atoms with Gasteiger partial charge in [0.05, 0.1) is 0 Å². The van der Waals surface area contributed by atoms with Crippen molar-refractivity contribution < 1.29 is 9.90 Å². The number of rotatable bonds is 2. The average molecular weight is 275 g/mol. The van der Waals surface area contributed by atoms with E-state index >= 15 is 0 Å². The molecule has 0 unspecified atom stereocenters. The first-order valence-electron chi connectivity index (χ1n) is 7.36. The first-order valence-corrected chi connectivity index (χ1v) is 7.36. The number of carbonyl (C=O) groups is 1. The summed E-state index contributed by atoms with van der Waals surface area (Å²) in [5.41, 5.74) is 0.164. The molecule has 2 aliphatic heterocycles. The molecule has 0 saturated carbocycles. The van der Waals surface area contributed by atoms with Gasteiger partial charge in [-0.2, -0.15) is 0 Å². The predicted molar refractivity (Wildman–Crippen MR) is 75.6 cm³/mol. The number of aromatic nitrogens is 1. The molecule has 0 spiro atoms. The highest BCUT2D eigenvalue weighted by Crippen LogP contribution is 2.26. The van der Waals surface area contributed by atoms with Gasteiger partial charge in [-0.15, -0.1) is 0 Å². The van der Waals surface area contributed by atoms with E-state index in [9.17, 15) is 9.90 Å². The van der Waals surface area contributed by atoms with Crippen LogP contribution in [0.3, 0.4) is 0 Å². The van der Waals surface area contributed by atoms with Crippen molar-refractivity contribution in [3.05, 3.63) is 24.0 Å². The molecule has 108 valence electrons. The van der Waals surface area contributed by atoms with E-state index in [0.29, 0.717) is 12.1 Å². The number of nitrogens with zero attached hydrogens (tertiary/aromatic N) is 3. The molecule has 1 aromatic rings. The van der Waals surface area contributed by atoms with Crippen LogP contribution < -0.4 is 0 Å². The lowest BCUT2D eigenvalue weighted by Gasteiger charge is -2.49. The van der Waals surface area contributed by atoms with Crippen LogP contribution in [0.25, 0.3) is 0 Å². The van der Waals surface area contributed by atoms with E-state index < -0.39 is 0 Å². The molecular formula is C15H21N3O2. The Morgan fingerprint density at radius 3 is 2.90 bits per heavy atom. The first-order chi connectivity index (χ1) is 9.66. The normalized spacial score (nSPS) is 24.4. The first kappa shape index (κ1) is 13.4. The molecule has 20 heavy (non-hydrogen) atoms. The van der Waals surface area contributed by atoms with Crippen LogP contribution in [0.5, 0.6) is 5.75 Å². The van der Waals surface area contributed by atoms with Gasteiger partial charge in [-0.1, -0.05) is 6.42 Å². The average Bonchev–Trinajstić information content (AvgIpc) is 2.39. The van der Waals surface area contributed by atoms with Crippen LogP contribution in [-0.4, -0.2) is 57.5 Å². The van der Waals surface area contributed by atoms with Crippen molar-refractivity contribution >= 4 is 5.91 Å². The summed E-state index contributed by atoms with van der Waals surface area (Å²) in [4.78, 5) is 20.5. The Morgan fingerprint density at radius 1 is 1.40 bits per heavy atom. The van der Waals surface area contributed by atoms with Crippen LogP contribution in [0.4, 0.5) is 0 Å². The lowest BCUT2D eigenvalue weighted by atomic mass is 9.97. The van der Waals surface area contributed by atoms with E-state index in [-0.39, 0.29) is 17.4 Å². The van der Waals surface area contributed by atoms with E-state index in [0.717, 1.165) is 19.6 Å². The van der Waals surface area contributed by atoms with Crippen molar-refractivity contribution in [3.8, 4) is 5.75 Å². The van der Waals surface area contributed by atoms with Gasteiger partial charge in [-0.25, -0.2) is 4.98 Å². The highest BCUT2D eigenvalue weighted by Gasteiger charge is 2.38. The Balaban J connectivity index is 1.60. The van der Waals surface area contributed by atoms with Crippen LogP contribution in [-0.2, 0) is 0 Å². The van der Waals surface area contributed by atoms with Gasteiger partial charge in [0.25, 0.3) is 5.91 Å². The van der Waals surface area contributed by atoms with Crippen molar-refractivity contribution in [1.82, 2.24) is 14.8 Å². The van der Waals surface area contributed by atoms with Crippen molar-refractivity contribution in [3.63, 3.8) is 0 Å². The summed E-state index contributed by atoms with van der Waals surface area (Å²) in [5, 5.41) is 9.69. The van der Waals surface area contributed by atoms with Gasteiger partial charge in [-0.05, 0) is 38.4 Å². The van der Waals surface area contributed by atoms with Crippen LogP contribution in [0.15, 0.2) is 18.3 Å². The monoisotopic (exact) mass is 275 g/mol. The van der Waals surface area contributed by atoms with Crippen molar-refractivity contribution in [2.24, 2.45) is 0 Å². The fourth-order valence-electron chi connectivity index (χ4n) is 3.21. The summed E-state index contributed by atoms with van der Waals surface area (Å²) in [6.45, 7) is 4.91. The summed E-state index contributed by atoms with van der Waals surface area (Å²) < 4.78 is 0. The molecule has 0 radical (unpaired) electrons. The fraction of sp³-hybridized carbons (Fsp3) is 0.600. The molecular weight excluding hydrogens is 254 g/mol. The zero-order chi connectivity index (χ0) is 14.1. The molecule has 1 aromatic heterocycles. The van der Waals surface area contributed by atoms with Gasteiger partial charge >= 0.3 is 0 Å². The summed E-state index contributed by atoms with van der Waals surface area (Å²) in [6, 6.07) is 4.22. The van der Waals surface area contributed by atoms with E-state index in [1.807, 2.05) is 0 Å². The second-order valence-electron chi connectivity index (χ2n) is 5.82. The second-order valence-corrected chi connectivity index (χ2v) is 5.82. The van der Waals surface area contributed by atoms with Crippen LogP contribution >= 0.6 is 0 Å². The van der Waals surface area contributed by atoms with Gasteiger partial charge in [0.2, 0.25) is 0 Å². The minimum Gasteiger partial charge on any atom is -0.505 e. The second kappa shape index (κ2) is 5.40. The number of amides is 1. The molecule has 0 aromatic carbocycles. The lowest BCUT2D eigenvalue weighted by molar-refractivity contribution is 0.00165. The minimum atomic E-state index is -0.163. The molecule has 5 heteroatoms. The maximum Gasteiger partial charge on any atom is 0.276 e. The third kappa shape index (κ3) is 2.38. The number of likely N-dealkylation sites (tertiary alicyclic amines) is 2. The zero-order valence-corrected chi connectivity index (χ0v) is 11.8. The van der Waals surface area contributed by atoms with Crippen molar-refractivity contribution in [2.45, 2.75) is 38.3 Å². The fourth-order valence-corrected chi connectivity index (χ4v) is 3.21.